The van der Waals surface area contributed by atoms with E-state index in [0.29, 0.717) is 42.0 Å². The van der Waals surface area contributed by atoms with E-state index in [0.717, 1.165) is 41.8 Å². The zero-order valence-corrected chi connectivity index (χ0v) is 30.3. The van der Waals surface area contributed by atoms with Crippen LogP contribution in [0.25, 0.3) is 21.6 Å². The maximum Gasteiger partial charge on any atom is 0.259 e. The topological polar surface area (TPSA) is 166 Å². The van der Waals surface area contributed by atoms with Crippen molar-refractivity contribution in [3.63, 3.8) is 0 Å². The summed E-state index contributed by atoms with van der Waals surface area (Å²) in [6.07, 6.45) is 9.47. The lowest BCUT2D eigenvalue weighted by molar-refractivity contribution is -0.132. The summed E-state index contributed by atoms with van der Waals surface area (Å²) < 4.78 is 39.8. The van der Waals surface area contributed by atoms with Crippen LogP contribution in [0.2, 0.25) is 0 Å². The van der Waals surface area contributed by atoms with Crippen LogP contribution in [0, 0.1) is 5.92 Å². The summed E-state index contributed by atoms with van der Waals surface area (Å²) in [5, 5.41) is 8.61. The van der Waals surface area contributed by atoms with E-state index in [-0.39, 0.29) is 43.6 Å². The van der Waals surface area contributed by atoms with Crippen molar-refractivity contribution in [1.29, 1.82) is 0 Å². The van der Waals surface area contributed by atoms with Crippen molar-refractivity contribution in [3.05, 3.63) is 47.5 Å². The average molecular weight is 724 g/mol. The maximum absolute atomic E-state index is 13.9. The number of benzene rings is 1. The van der Waals surface area contributed by atoms with Crippen molar-refractivity contribution >= 4 is 50.0 Å². The molecule has 0 saturated heterocycles. The number of nitrogens with zero attached hydrogens (tertiary/aromatic N) is 2. The van der Waals surface area contributed by atoms with Gasteiger partial charge >= 0.3 is 0 Å². The van der Waals surface area contributed by atoms with Gasteiger partial charge in [-0.1, -0.05) is 38.8 Å². The molecule has 1 aliphatic heterocycles. The van der Waals surface area contributed by atoms with Crippen molar-refractivity contribution in [2.24, 2.45) is 5.92 Å². The Bertz CT molecular complexity index is 1890. The van der Waals surface area contributed by atoms with Crippen LogP contribution >= 0.6 is 11.3 Å². The van der Waals surface area contributed by atoms with Crippen molar-refractivity contribution in [3.8, 4) is 22.2 Å². The largest absolute Gasteiger partial charge is 0.497 e. The second-order valence-corrected chi connectivity index (χ2v) is 16.5. The van der Waals surface area contributed by atoms with Crippen LogP contribution in [-0.2, 0) is 24.4 Å². The van der Waals surface area contributed by atoms with Gasteiger partial charge in [-0.25, -0.2) is 18.4 Å². The van der Waals surface area contributed by atoms with Crippen LogP contribution in [0.5, 0.6) is 11.5 Å². The SMILES string of the molecule is COc1ccc2c(OCC[C@@H]3NC(=O)CCCCCC=C[C@@H]4C[C@@]4(C(=O)NS(=O)(=O)C4CCC4)NC3=O)cc(-c3nc(C(C)C)cs3)nc2c1. The summed E-state index contributed by atoms with van der Waals surface area (Å²) in [7, 11) is -2.27. The first kappa shape index (κ1) is 35.8. The van der Waals surface area contributed by atoms with E-state index in [2.05, 4.69) is 29.2 Å². The Morgan fingerprint density at radius 1 is 1.12 bits per heavy atom. The van der Waals surface area contributed by atoms with Gasteiger partial charge in [0.2, 0.25) is 21.8 Å². The number of rotatable bonds is 10. The number of pyridine rings is 1. The molecule has 50 heavy (non-hydrogen) atoms. The molecule has 2 saturated carbocycles. The van der Waals surface area contributed by atoms with Gasteiger partial charge in [-0.05, 0) is 56.6 Å². The number of hydrogen-bond donors (Lipinski definition) is 3. The Labute approximate surface area is 296 Å². The summed E-state index contributed by atoms with van der Waals surface area (Å²) in [5.74, 6) is -0.512. The van der Waals surface area contributed by atoms with Gasteiger partial charge in [0.1, 0.15) is 33.8 Å². The minimum atomic E-state index is -3.86. The minimum absolute atomic E-state index is 0.0522. The van der Waals surface area contributed by atoms with Crippen LogP contribution in [0.15, 0.2) is 41.8 Å². The van der Waals surface area contributed by atoms with E-state index in [9.17, 15) is 22.8 Å². The number of carbonyl (C=O) groups is 3. The zero-order chi connectivity index (χ0) is 35.5. The molecule has 0 unspecified atom stereocenters. The molecule has 14 heteroatoms. The van der Waals surface area contributed by atoms with Crippen LogP contribution in [0.4, 0.5) is 0 Å². The zero-order valence-electron chi connectivity index (χ0n) is 28.7. The highest BCUT2D eigenvalue weighted by molar-refractivity contribution is 7.90. The molecule has 12 nitrogen and oxygen atoms in total. The Kier molecular flexibility index (Phi) is 10.8. The number of fused-ring (bicyclic) bond motifs is 2. The van der Waals surface area contributed by atoms with Crippen LogP contribution in [0.1, 0.15) is 89.7 Å². The maximum atomic E-state index is 13.9. The number of sulfonamides is 1. The summed E-state index contributed by atoms with van der Waals surface area (Å²) in [4.78, 5) is 50.1. The number of methoxy groups -OCH3 is 1. The molecule has 3 aromatic rings. The van der Waals surface area contributed by atoms with E-state index in [1.807, 2.05) is 41.8 Å². The molecule has 2 aliphatic carbocycles. The number of thiazole rings is 1. The number of allylic oxidation sites excluding steroid dienone is 1. The molecule has 2 aromatic heterocycles. The van der Waals surface area contributed by atoms with Crippen molar-refractivity contribution in [2.45, 2.75) is 101 Å². The minimum Gasteiger partial charge on any atom is -0.497 e. The van der Waals surface area contributed by atoms with Gasteiger partial charge in [-0.3, -0.25) is 19.1 Å². The molecule has 0 spiro atoms. The highest BCUT2D eigenvalue weighted by Gasteiger charge is 2.61. The fourth-order valence-electron chi connectivity index (χ4n) is 6.28. The highest BCUT2D eigenvalue weighted by Crippen LogP contribution is 2.46. The van der Waals surface area contributed by atoms with E-state index in [1.54, 1.807) is 7.11 Å². The quantitative estimate of drug-likeness (QED) is 0.240. The Balaban J connectivity index is 1.23. The number of hydrogen-bond acceptors (Lipinski definition) is 10. The first-order valence-electron chi connectivity index (χ1n) is 17.4. The second-order valence-electron chi connectivity index (χ2n) is 13.7. The molecular formula is C36H45N5O7S2. The third-order valence-electron chi connectivity index (χ3n) is 9.76. The van der Waals surface area contributed by atoms with Gasteiger partial charge in [0, 0.05) is 41.7 Å². The van der Waals surface area contributed by atoms with E-state index in [4.69, 9.17) is 19.4 Å². The summed E-state index contributed by atoms with van der Waals surface area (Å²) in [5.41, 5.74) is 0.839. The molecule has 2 fully saturated rings. The van der Waals surface area contributed by atoms with E-state index >= 15 is 0 Å². The summed E-state index contributed by atoms with van der Waals surface area (Å²) in [6.45, 7) is 4.21. The lowest BCUT2D eigenvalue weighted by Gasteiger charge is -2.28. The van der Waals surface area contributed by atoms with Crippen LogP contribution in [0.3, 0.4) is 0 Å². The highest BCUT2D eigenvalue weighted by atomic mass is 32.2. The third-order valence-corrected chi connectivity index (χ3v) is 12.5. The molecular weight excluding hydrogens is 679 g/mol. The van der Waals surface area contributed by atoms with Gasteiger partial charge < -0.3 is 20.1 Å². The first-order valence-corrected chi connectivity index (χ1v) is 19.8. The predicted octanol–water partition coefficient (Wildman–Crippen LogP) is 5.14. The molecule has 0 bridgehead atoms. The molecule has 3 N–H and O–H groups in total. The standard InChI is InChI=1S/C36H45N5O7S2/c1-22(2)30-21-49-34(39-30)29-19-31(26-15-14-24(47-3)18-28(26)37-29)48-17-16-27-33(43)40-36(35(44)41-50(45,46)25-11-9-12-25)20-23(36)10-7-5-4-6-8-13-32(42)38-27/h7,10,14-15,18-19,21-23,25,27H,4-6,8-9,11-13,16-17,20H2,1-3H3,(H,38,42)(H,40,43)(H,41,44)/t23-,27+,36-/m1/s1. The molecule has 6 rings (SSSR count). The monoisotopic (exact) mass is 723 g/mol. The predicted molar refractivity (Wildman–Crippen MR) is 191 cm³/mol. The molecule has 3 aliphatic rings. The third kappa shape index (κ3) is 7.96. The molecule has 268 valence electrons. The van der Waals surface area contributed by atoms with Gasteiger partial charge in [-0.15, -0.1) is 11.3 Å². The van der Waals surface area contributed by atoms with Crippen molar-refractivity contribution in [2.75, 3.05) is 13.7 Å². The van der Waals surface area contributed by atoms with Gasteiger partial charge in [0.25, 0.3) is 5.91 Å². The first-order chi connectivity index (χ1) is 24.0. The van der Waals surface area contributed by atoms with Crippen LogP contribution < -0.4 is 24.8 Å². The average Bonchev–Trinajstić information content (AvgIpc) is 3.50. The number of amides is 3. The molecule has 3 amide bonds. The molecule has 1 aromatic carbocycles. The fourth-order valence-corrected chi connectivity index (χ4v) is 8.78. The molecule has 0 radical (unpaired) electrons. The Morgan fingerprint density at radius 3 is 2.66 bits per heavy atom. The summed E-state index contributed by atoms with van der Waals surface area (Å²) in [6, 6.07) is 6.30. The lowest BCUT2D eigenvalue weighted by atomic mass is 10.0. The molecule has 3 heterocycles. The smallest absolute Gasteiger partial charge is 0.259 e. The van der Waals surface area contributed by atoms with Gasteiger partial charge in [0.15, 0.2) is 0 Å². The van der Waals surface area contributed by atoms with E-state index in [1.165, 1.54) is 11.3 Å². The van der Waals surface area contributed by atoms with Gasteiger partial charge in [-0.2, -0.15) is 0 Å². The number of aromatic nitrogens is 2. The lowest BCUT2D eigenvalue weighted by Crippen LogP contribution is -2.58. The number of carbonyl (C=O) groups excluding carboxylic acids is 3. The number of nitrogens with one attached hydrogen (secondary N) is 3. The van der Waals surface area contributed by atoms with Gasteiger partial charge in [0.05, 0.1) is 30.2 Å². The fraction of sp³-hybridized carbons (Fsp3) is 0.528. The summed E-state index contributed by atoms with van der Waals surface area (Å²) >= 11 is 1.50. The Hall–Kier alpha value is -4.04. The van der Waals surface area contributed by atoms with E-state index < -0.39 is 38.7 Å². The normalized spacial score (nSPS) is 23.3. The second kappa shape index (κ2) is 15.1. The Morgan fingerprint density at radius 2 is 1.94 bits per heavy atom. The van der Waals surface area contributed by atoms with Crippen molar-refractivity contribution in [1.82, 2.24) is 25.3 Å². The van der Waals surface area contributed by atoms with Crippen LogP contribution in [-0.4, -0.2) is 66.7 Å². The number of ether oxygens (including phenoxy) is 2. The molecule has 3 atom stereocenters. The van der Waals surface area contributed by atoms with Crippen molar-refractivity contribution < 1.29 is 32.3 Å².